The molecule has 2 aromatic carbocycles. The number of nitrogens with zero attached hydrogens (tertiary/aromatic N) is 3. The van der Waals surface area contributed by atoms with Gasteiger partial charge in [0.2, 0.25) is 11.6 Å². The van der Waals surface area contributed by atoms with Crippen LogP contribution in [0.5, 0.6) is 5.75 Å². The van der Waals surface area contributed by atoms with Crippen molar-refractivity contribution in [3.63, 3.8) is 0 Å². The number of rotatable bonds is 6. The molecular formula is C17H13Cl2N5O3. The van der Waals surface area contributed by atoms with Gasteiger partial charge in [-0.3, -0.25) is 10.1 Å². The van der Waals surface area contributed by atoms with E-state index in [0.717, 1.165) is 0 Å². The zero-order valence-electron chi connectivity index (χ0n) is 13.9. The van der Waals surface area contributed by atoms with Gasteiger partial charge in [-0.1, -0.05) is 23.2 Å². The molecule has 3 aromatic rings. The number of benzene rings is 2. The molecule has 1 aromatic heterocycles. The maximum absolute atomic E-state index is 11.6. The van der Waals surface area contributed by atoms with E-state index >= 15 is 0 Å². The Bertz CT molecular complexity index is 983. The highest BCUT2D eigenvalue weighted by molar-refractivity contribution is 6.35. The number of anilines is 4. The van der Waals surface area contributed by atoms with E-state index < -0.39 is 4.92 Å². The maximum atomic E-state index is 11.6. The number of ether oxygens (including phenoxy) is 1. The SMILES string of the molecule is COc1ccc(Nc2ncnc(Nc3cc(Cl)ccc3Cl)c2[N+](=O)[O-])cc1. The number of aromatic nitrogens is 2. The van der Waals surface area contributed by atoms with Crippen LogP contribution in [0, 0.1) is 10.1 Å². The molecular weight excluding hydrogens is 393 g/mol. The lowest BCUT2D eigenvalue weighted by atomic mass is 10.3. The van der Waals surface area contributed by atoms with Crippen LogP contribution in [0.4, 0.5) is 28.7 Å². The average molecular weight is 406 g/mol. The van der Waals surface area contributed by atoms with E-state index in [1.807, 2.05) is 0 Å². The smallest absolute Gasteiger partial charge is 0.353 e. The summed E-state index contributed by atoms with van der Waals surface area (Å²) in [6, 6.07) is 11.6. The third kappa shape index (κ3) is 4.36. The Morgan fingerprint density at radius 2 is 1.70 bits per heavy atom. The molecule has 2 N–H and O–H groups in total. The fourth-order valence-corrected chi connectivity index (χ4v) is 2.60. The molecule has 1 heterocycles. The van der Waals surface area contributed by atoms with Gasteiger partial charge >= 0.3 is 5.69 Å². The van der Waals surface area contributed by atoms with E-state index in [2.05, 4.69) is 20.6 Å². The minimum absolute atomic E-state index is 0.0184. The van der Waals surface area contributed by atoms with Gasteiger partial charge in [-0.05, 0) is 42.5 Å². The van der Waals surface area contributed by atoms with Crippen molar-refractivity contribution in [2.45, 2.75) is 0 Å². The van der Waals surface area contributed by atoms with Crippen LogP contribution in [0.25, 0.3) is 0 Å². The van der Waals surface area contributed by atoms with Crippen molar-refractivity contribution in [3.8, 4) is 5.75 Å². The fourth-order valence-electron chi connectivity index (χ4n) is 2.27. The van der Waals surface area contributed by atoms with Gasteiger partial charge < -0.3 is 15.4 Å². The molecule has 3 rings (SSSR count). The van der Waals surface area contributed by atoms with Crippen LogP contribution in [0.2, 0.25) is 10.0 Å². The largest absolute Gasteiger partial charge is 0.497 e. The summed E-state index contributed by atoms with van der Waals surface area (Å²) in [5, 5.41) is 18.2. The van der Waals surface area contributed by atoms with Crippen molar-refractivity contribution in [2.24, 2.45) is 0 Å². The quantitative estimate of drug-likeness (QED) is 0.429. The first-order valence-electron chi connectivity index (χ1n) is 7.60. The second kappa shape index (κ2) is 8.07. The Morgan fingerprint density at radius 3 is 2.33 bits per heavy atom. The minimum Gasteiger partial charge on any atom is -0.497 e. The molecule has 0 radical (unpaired) electrons. The predicted octanol–water partition coefficient (Wildman–Crippen LogP) is 5.19. The summed E-state index contributed by atoms with van der Waals surface area (Å²) < 4.78 is 5.09. The lowest BCUT2D eigenvalue weighted by molar-refractivity contribution is -0.383. The van der Waals surface area contributed by atoms with E-state index in [0.29, 0.717) is 27.2 Å². The topological polar surface area (TPSA) is 102 Å². The van der Waals surface area contributed by atoms with E-state index in [1.54, 1.807) is 49.6 Å². The molecule has 0 saturated carbocycles. The first-order valence-corrected chi connectivity index (χ1v) is 8.36. The van der Waals surface area contributed by atoms with Gasteiger partial charge in [0.1, 0.15) is 12.1 Å². The summed E-state index contributed by atoms with van der Waals surface area (Å²) in [5.74, 6) is 0.673. The van der Waals surface area contributed by atoms with Crippen LogP contribution >= 0.6 is 23.2 Å². The zero-order chi connectivity index (χ0) is 19.4. The standard InChI is InChI=1S/C17H13Cl2N5O3/c1-27-12-5-3-11(4-6-12)22-16-15(24(25)26)17(21-9-20-16)23-14-8-10(18)2-7-13(14)19/h2-9H,1H3,(H2,20,21,22,23). The molecule has 0 spiro atoms. The Morgan fingerprint density at radius 1 is 1.04 bits per heavy atom. The summed E-state index contributed by atoms with van der Waals surface area (Å²) >= 11 is 12.1. The van der Waals surface area contributed by atoms with Gasteiger partial charge in [0.05, 0.1) is 22.7 Å². The molecule has 0 fully saturated rings. The number of hydrogen-bond donors (Lipinski definition) is 2. The normalized spacial score (nSPS) is 10.3. The number of nitro groups is 1. The molecule has 0 bridgehead atoms. The highest BCUT2D eigenvalue weighted by Crippen LogP contribution is 2.35. The maximum Gasteiger partial charge on any atom is 0.353 e. The van der Waals surface area contributed by atoms with Crippen LogP contribution in [0.15, 0.2) is 48.8 Å². The second-order valence-corrected chi connectivity index (χ2v) is 6.12. The van der Waals surface area contributed by atoms with E-state index in [-0.39, 0.29) is 17.3 Å². The van der Waals surface area contributed by atoms with Crippen molar-refractivity contribution in [1.29, 1.82) is 0 Å². The van der Waals surface area contributed by atoms with Crippen molar-refractivity contribution in [1.82, 2.24) is 9.97 Å². The van der Waals surface area contributed by atoms with Gasteiger partial charge in [-0.25, -0.2) is 9.97 Å². The zero-order valence-corrected chi connectivity index (χ0v) is 15.5. The monoisotopic (exact) mass is 405 g/mol. The van der Waals surface area contributed by atoms with Crippen LogP contribution in [0.1, 0.15) is 0 Å². The van der Waals surface area contributed by atoms with Crippen LogP contribution in [-0.4, -0.2) is 22.0 Å². The molecule has 0 atom stereocenters. The van der Waals surface area contributed by atoms with Crippen molar-refractivity contribution < 1.29 is 9.66 Å². The fraction of sp³-hybridized carbons (Fsp3) is 0.0588. The van der Waals surface area contributed by atoms with Crippen molar-refractivity contribution >= 4 is 51.9 Å². The summed E-state index contributed by atoms with van der Waals surface area (Å²) in [4.78, 5) is 19.0. The van der Waals surface area contributed by atoms with E-state index in [9.17, 15) is 10.1 Å². The first kappa shape index (κ1) is 18.7. The van der Waals surface area contributed by atoms with E-state index in [1.165, 1.54) is 6.33 Å². The predicted molar refractivity (Wildman–Crippen MR) is 105 cm³/mol. The summed E-state index contributed by atoms with van der Waals surface area (Å²) in [7, 11) is 1.55. The van der Waals surface area contributed by atoms with E-state index in [4.69, 9.17) is 27.9 Å². The summed E-state index contributed by atoms with van der Waals surface area (Å²) in [6.07, 6.45) is 1.21. The third-order valence-corrected chi connectivity index (χ3v) is 4.10. The lowest BCUT2D eigenvalue weighted by Crippen LogP contribution is -2.05. The number of hydrogen-bond acceptors (Lipinski definition) is 7. The van der Waals surface area contributed by atoms with Gasteiger partial charge in [-0.2, -0.15) is 0 Å². The Balaban J connectivity index is 1.96. The number of halogens is 2. The summed E-state index contributed by atoms with van der Waals surface area (Å²) in [6.45, 7) is 0. The minimum atomic E-state index is -0.577. The Kier molecular flexibility index (Phi) is 5.58. The molecule has 0 amide bonds. The Labute approximate surface area is 164 Å². The molecule has 138 valence electrons. The highest BCUT2D eigenvalue weighted by atomic mass is 35.5. The van der Waals surface area contributed by atoms with Crippen molar-refractivity contribution in [3.05, 3.63) is 69.0 Å². The number of methoxy groups -OCH3 is 1. The van der Waals surface area contributed by atoms with Gasteiger partial charge in [0, 0.05) is 10.7 Å². The molecule has 10 heteroatoms. The molecule has 0 unspecified atom stereocenters. The third-order valence-electron chi connectivity index (χ3n) is 3.54. The Hall–Kier alpha value is -3.10. The molecule has 0 saturated heterocycles. The molecule has 8 nitrogen and oxygen atoms in total. The average Bonchev–Trinajstić information content (AvgIpc) is 2.65. The highest BCUT2D eigenvalue weighted by Gasteiger charge is 2.24. The number of nitrogens with one attached hydrogen (secondary N) is 2. The molecule has 0 aliphatic heterocycles. The first-order chi connectivity index (χ1) is 13.0. The van der Waals surface area contributed by atoms with Crippen LogP contribution in [-0.2, 0) is 0 Å². The van der Waals surface area contributed by atoms with Gasteiger partial charge in [0.15, 0.2) is 0 Å². The molecule has 27 heavy (non-hydrogen) atoms. The van der Waals surface area contributed by atoms with Crippen molar-refractivity contribution in [2.75, 3.05) is 17.7 Å². The lowest BCUT2D eigenvalue weighted by Gasteiger charge is -2.11. The second-order valence-electron chi connectivity index (χ2n) is 5.28. The van der Waals surface area contributed by atoms with Gasteiger partial charge in [0.25, 0.3) is 0 Å². The molecule has 0 aliphatic carbocycles. The van der Waals surface area contributed by atoms with Crippen LogP contribution in [0.3, 0.4) is 0 Å². The molecule has 0 aliphatic rings. The summed E-state index contributed by atoms with van der Waals surface area (Å²) in [5.41, 5.74) is 0.662. The van der Waals surface area contributed by atoms with Gasteiger partial charge in [-0.15, -0.1) is 0 Å². The van der Waals surface area contributed by atoms with Crippen LogP contribution < -0.4 is 15.4 Å².